The van der Waals surface area contributed by atoms with Gasteiger partial charge in [0.1, 0.15) is 12.8 Å². The Balaban J connectivity index is 2.12. The summed E-state index contributed by atoms with van der Waals surface area (Å²) in [5, 5.41) is 20.9. The highest BCUT2D eigenvalue weighted by molar-refractivity contribution is 5.79. The zero-order valence-corrected chi connectivity index (χ0v) is 14.2. The molecular weight excluding hydrogens is 363 g/mol. The molecular formula is C18H20F3N3O3. The van der Waals surface area contributed by atoms with Crippen molar-refractivity contribution >= 4 is 5.91 Å². The van der Waals surface area contributed by atoms with E-state index in [4.69, 9.17) is 10.8 Å². The number of amides is 1. The Hall–Kier alpha value is -2.49. The van der Waals surface area contributed by atoms with Gasteiger partial charge in [0.05, 0.1) is 24.4 Å². The minimum Gasteiger partial charge on any atom is -0.394 e. The molecule has 0 fully saturated rings. The van der Waals surface area contributed by atoms with Crippen molar-refractivity contribution in [1.82, 2.24) is 10.3 Å². The van der Waals surface area contributed by atoms with E-state index in [1.54, 1.807) is 35.8 Å². The van der Waals surface area contributed by atoms with E-state index in [1.807, 2.05) is 0 Å². The van der Waals surface area contributed by atoms with Crippen LogP contribution < -0.4 is 11.1 Å². The number of nitrogens with two attached hydrogens (primary N) is 1. The maximum absolute atomic E-state index is 13.0. The van der Waals surface area contributed by atoms with Gasteiger partial charge < -0.3 is 21.3 Å². The van der Waals surface area contributed by atoms with Crippen LogP contribution in [0.25, 0.3) is 11.1 Å². The number of alkyl halides is 3. The Morgan fingerprint density at radius 1 is 1.15 bits per heavy atom. The van der Waals surface area contributed by atoms with E-state index < -0.39 is 37.2 Å². The minimum absolute atomic E-state index is 0.225. The number of aromatic nitrogens is 1. The molecule has 0 aliphatic heterocycles. The lowest BCUT2D eigenvalue weighted by Crippen LogP contribution is -2.43. The maximum atomic E-state index is 13.0. The summed E-state index contributed by atoms with van der Waals surface area (Å²) in [5.41, 5.74) is 7.98. The number of nitrogens with one attached hydrogen (secondary N) is 1. The van der Waals surface area contributed by atoms with E-state index in [1.165, 1.54) is 12.1 Å². The number of halogens is 3. The molecule has 0 bridgehead atoms. The van der Waals surface area contributed by atoms with Gasteiger partial charge in [0, 0.05) is 11.8 Å². The van der Waals surface area contributed by atoms with E-state index in [0.717, 1.165) is 11.1 Å². The second kappa shape index (κ2) is 9.45. The third-order valence-electron chi connectivity index (χ3n) is 4.02. The van der Waals surface area contributed by atoms with Gasteiger partial charge in [-0.1, -0.05) is 30.3 Å². The number of hydrogen-bond acceptors (Lipinski definition) is 5. The highest BCUT2D eigenvalue weighted by atomic mass is 19.3. The Morgan fingerprint density at radius 2 is 1.78 bits per heavy atom. The van der Waals surface area contributed by atoms with Gasteiger partial charge in [0.2, 0.25) is 0 Å². The maximum Gasteiger partial charge on any atom is 0.315 e. The molecule has 27 heavy (non-hydrogen) atoms. The van der Waals surface area contributed by atoms with Crippen LogP contribution >= 0.6 is 0 Å². The van der Waals surface area contributed by atoms with Crippen LogP contribution in [0, 0.1) is 0 Å². The number of pyridine rings is 1. The monoisotopic (exact) mass is 383 g/mol. The summed E-state index contributed by atoms with van der Waals surface area (Å²) in [4.78, 5) is 15.2. The Morgan fingerprint density at radius 3 is 2.26 bits per heavy atom. The molecule has 1 aromatic heterocycles. The predicted molar refractivity (Wildman–Crippen MR) is 92.6 cm³/mol. The number of aliphatic hydroxyl groups is 2. The number of benzene rings is 1. The van der Waals surface area contributed by atoms with E-state index in [2.05, 4.69) is 4.98 Å². The van der Waals surface area contributed by atoms with Crippen LogP contribution in [-0.4, -0.2) is 46.9 Å². The third kappa shape index (κ3) is 5.25. The first-order valence-electron chi connectivity index (χ1n) is 8.12. The lowest BCUT2D eigenvalue weighted by atomic mass is 9.99. The normalized spacial score (nSPS) is 14.6. The number of aliphatic hydroxyl groups excluding tert-OH is 2. The summed E-state index contributed by atoms with van der Waals surface area (Å²) in [6.45, 7) is -1.42. The van der Waals surface area contributed by atoms with Gasteiger partial charge in [-0.2, -0.15) is 8.78 Å². The molecule has 2 aromatic rings. The van der Waals surface area contributed by atoms with Crippen LogP contribution in [0.2, 0.25) is 0 Å². The molecule has 1 heterocycles. The molecule has 0 saturated carbocycles. The van der Waals surface area contributed by atoms with Crippen LogP contribution in [-0.2, 0) is 4.79 Å². The fourth-order valence-electron chi connectivity index (χ4n) is 2.44. The Labute approximate surface area is 153 Å². The van der Waals surface area contributed by atoms with Gasteiger partial charge >= 0.3 is 6.43 Å². The predicted octanol–water partition coefficient (Wildman–Crippen LogP) is 1.49. The smallest absolute Gasteiger partial charge is 0.315 e. The van der Waals surface area contributed by atoms with Gasteiger partial charge in [-0.25, -0.2) is 4.39 Å². The summed E-state index contributed by atoms with van der Waals surface area (Å²) >= 11 is 0. The summed E-state index contributed by atoms with van der Waals surface area (Å²) in [6, 6.07) is 7.69. The van der Waals surface area contributed by atoms with Gasteiger partial charge in [0.15, 0.2) is 0 Å². The van der Waals surface area contributed by atoms with Crippen molar-refractivity contribution in [3.8, 4) is 11.1 Å². The van der Waals surface area contributed by atoms with Crippen LogP contribution in [0.4, 0.5) is 13.2 Å². The van der Waals surface area contributed by atoms with E-state index in [-0.39, 0.29) is 12.2 Å². The zero-order valence-electron chi connectivity index (χ0n) is 14.2. The molecule has 5 N–H and O–H groups in total. The van der Waals surface area contributed by atoms with E-state index >= 15 is 0 Å². The second-order valence-corrected chi connectivity index (χ2v) is 5.90. The van der Waals surface area contributed by atoms with Gasteiger partial charge in [-0.15, -0.1) is 0 Å². The lowest BCUT2D eigenvalue weighted by molar-refractivity contribution is -0.133. The molecule has 146 valence electrons. The van der Waals surface area contributed by atoms with Crippen molar-refractivity contribution in [3.05, 3.63) is 53.9 Å². The standard InChI is InChI=1S/C18H20F3N3O3/c19-7-15(24-18(27)17(20)21)16(26)11-3-1-10(2-4-11)12-5-6-14(23-8-12)13(22)9-25/h1-6,8,13,15-17,25-26H,7,9,22H2,(H,24,27)/t13-,15-,16+/m1/s1. The molecule has 9 heteroatoms. The molecule has 0 radical (unpaired) electrons. The SMILES string of the molecule is N[C@H](CO)c1ccc(-c2ccc([C@H](O)[C@@H](CF)NC(=O)C(F)F)cc2)cn1. The van der Waals surface area contributed by atoms with Gasteiger partial charge in [-0.3, -0.25) is 9.78 Å². The average Bonchev–Trinajstić information content (AvgIpc) is 2.70. The summed E-state index contributed by atoms with van der Waals surface area (Å²) in [6.07, 6.45) is -3.19. The van der Waals surface area contributed by atoms with Crippen molar-refractivity contribution in [2.45, 2.75) is 24.6 Å². The highest BCUT2D eigenvalue weighted by Crippen LogP contribution is 2.24. The Kier molecular flexibility index (Phi) is 7.28. The molecule has 6 nitrogen and oxygen atoms in total. The van der Waals surface area contributed by atoms with Gasteiger partial charge in [-0.05, 0) is 17.2 Å². The van der Waals surface area contributed by atoms with Crippen LogP contribution in [0.15, 0.2) is 42.6 Å². The topological polar surface area (TPSA) is 108 Å². The first-order chi connectivity index (χ1) is 12.9. The summed E-state index contributed by atoms with van der Waals surface area (Å²) < 4.78 is 37.6. The summed E-state index contributed by atoms with van der Waals surface area (Å²) in [5.74, 6) is -1.64. The van der Waals surface area contributed by atoms with Crippen molar-refractivity contribution < 1.29 is 28.2 Å². The van der Waals surface area contributed by atoms with Crippen molar-refractivity contribution in [1.29, 1.82) is 0 Å². The number of carbonyl (C=O) groups is 1. The number of rotatable bonds is 8. The van der Waals surface area contributed by atoms with E-state index in [9.17, 15) is 23.1 Å². The molecule has 1 amide bonds. The molecule has 0 saturated heterocycles. The third-order valence-corrected chi connectivity index (χ3v) is 4.02. The number of carbonyl (C=O) groups excluding carboxylic acids is 1. The van der Waals surface area contributed by atoms with Gasteiger partial charge in [0.25, 0.3) is 5.91 Å². The zero-order chi connectivity index (χ0) is 20.0. The fraction of sp³-hybridized carbons (Fsp3) is 0.333. The van der Waals surface area contributed by atoms with E-state index in [0.29, 0.717) is 5.69 Å². The van der Waals surface area contributed by atoms with Crippen molar-refractivity contribution in [3.63, 3.8) is 0 Å². The summed E-state index contributed by atoms with van der Waals surface area (Å²) in [7, 11) is 0. The second-order valence-electron chi connectivity index (χ2n) is 5.90. The molecule has 1 aromatic carbocycles. The van der Waals surface area contributed by atoms with Crippen molar-refractivity contribution in [2.24, 2.45) is 5.73 Å². The van der Waals surface area contributed by atoms with Crippen LogP contribution in [0.3, 0.4) is 0 Å². The average molecular weight is 383 g/mol. The van der Waals surface area contributed by atoms with Crippen LogP contribution in [0.1, 0.15) is 23.4 Å². The molecule has 0 spiro atoms. The lowest BCUT2D eigenvalue weighted by Gasteiger charge is -2.22. The number of nitrogens with zero attached hydrogens (tertiary/aromatic N) is 1. The quantitative estimate of drug-likeness (QED) is 0.552. The molecule has 0 unspecified atom stereocenters. The minimum atomic E-state index is -3.29. The molecule has 0 aliphatic rings. The number of hydrogen-bond donors (Lipinski definition) is 4. The Bertz CT molecular complexity index is 742. The highest BCUT2D eigenvalue weighted by Gasteiger charge is 2.26. The fourth-order valence-corrected chi connectivity index (χ4v) is 2.44. The molecule has 3 atom stereocenters. The van der Waals surface area contributed by atoms with Crippen LogP contribution in [0.5, 0.6) is 0 Å². The first-order valence-corrected chi connectivity index (χ1v) is 8.12. The largest absolute Gasteiger partial charge is 0.394 e. The molecule has 0 aliphatic carbocycles. The first kappa shape index (κ1) is 20.8. The molecule has 2 rings (SSSR count). The van der Waals surface area contributed by atoms with Crippen molar-refractivity contribution in [2.75, 3.05) is 13.3 Å².